The molecule has 0 amide bonds. The lowest BCUT2D eigenvalue weighted by molar-refractivity contribution is -0.137. The average Bonchev–Trinajstić information content (AvgIpc) is 2.84. The highest BCUT2D eigenvalue weighted by molar-refractivity contribution is 5.83. The molecule has 0 aromatic heterocycles. The maximum atomic E-state index is 11.1. The Hall–Kier alpha value is -0.830. The van der Waals surface area contributed by atoms with Crippen LogP contribution in [-0.4, -0.2) is 24.8 Å². The van der Waals surface area contributed by atoms with Crippen molar-refractivity contribution in [3.05, 3.63) is 11.6 Å². The van der Waals surface area contributed by atoms with Crippen LogP contribution in [0.15, 0.2) is 11.6 Å². The van der Waals surface area contributed by atoms with Crippen LogP contribution >= 0.6 is 0 Å². The molecule has 0 spiro atoms. The van der Waals surface area contributed by atoms with Crippen molar-refractivity contribution in [2.45, 2.75) is 38.4 Å². The van der Waals surface area contributed by atoms with Gasteiger partial charge < -0.3 is 9.47 Å². The fourth-order valence-corrected chi connectivity index (χ4v) is 1.83. The quantitative estimate of drug-likeness (QED) is 0.368. The van der Waals surface area contributed by atoms with Crippen molar-refractivity contribution in [3.63, 3.8) is 0 Å². The molecule has 2 atom stereocenters. The SMILES string of the molecule is CCOC(=O)/C=C1/CCCC2OC12. The largest absolute Gasteiger partial charge is 0.463 e. The zero-order chi connectivity index (χ0) is 9.26. The predicted octanol–water partition coefficient (Wildman–Crippen LogP) is 1.43. The zero-order valence-electron chi connectivity index (χ0n) is 7.79. The third-order valence-corrected chi connectivity index (χ3v) is 2.49. The molecule has 0 N–H and O–H groups in total. The Morgan fingerprint density at radius 1 is 1.77 bits per heavy atom. The minimum absolute atomic E-state index is 0.228. The van der Waals surface area contributed by atoms with Crippen LogP contribution in [0.25, 0.3) is 0 Å². The minimum atomic E-state index is -0.228. The first-order valence-electron chi connectivity index (χ1n) is 4.84. The van der Waals surface area contributed by atoms with Crippen LogP contribution in [0.3, 0.4) is 0 Å². The van der Waals surface area contributed by atoms with Crippen molar-refractivity contribution in [1.82, 2.24) is 0 Å². The molecular formula is C10H14O3. The Balaban J connectivity index is 1.95. The summed E-state index contributed by atoms with van der Waals surface area (Å²) in [6.45, 7) is 2.26. The summed E-state index contributed by atoms with van der Waals surface area (Å²) in [5.74, 6) is -0.228. The van der Waals surface area contributed by atoms with Gasteiger partial charge in [-0.15, -0.1) is 0 Å². The molecule has 0 bridgehead atoms. The predicted molar refractivity (Wildman–Crippen MR) is 47.2 cm³/mol. The molecule has 1 saturated heterocycles. The van der Waals surface area contributed by atoms with Crippen molar-refractivity contribution in [3.8, 4) is 0 Å². The zero-order valence-corrected chi connectivity index (χ0v) is 7.79. The van der Waals surface area contributed by atoms with Gasteiger partial charge in [0.1, 0.15) is 6.10 Å². The van der Waals surface area contributed by atoms with E-state index in [9.17, 15) is 4.79 Å². The van der Waals surface area contributed by atoms with Crippen LogP contribution in [0.2, 0.25) is 0 Å². The number of hydrogen-bond donors (Lipinski definition) is 0. The van der Waals surface area contributed by atoms with Gasteiger partial charge >= 0.3 is 5.97 Å². The van der Waals surface area contributed by atoms with Gasteiger partial charge in [0.05, 0.1) is 12.7 Å². The molecule has 0 radical (unpaired) electrons. The van der Waals surface area contributed by atoms with E-state index in [4.69, 9.17) is 9.47 Å². The number of rotatable bonds is 2. The third kappa shape index (κ3) is 1.91. The minimum Gasteiger partial charge on any atom is -0.463 e. The highest BCUT2D eigenvalue weighted by Gasteiger charge is 2.43. The molecule has 72 valence electrons. The van der Waals surface area contributed by atoms with E-state index in [0.717, 1.165) is 24.8 Å². The van der Waals surface area contributed by atoms with E-state index in [1.54, 1.807) is 6.08 Å². The number of carbonyl (C=O) groups excluding carboxylic acids is 1. The van der Waals surface area contributed by atoms with Crippen LogP contribution in [-0.2, 0) is 14.3 Å². The Morgan fingerprint density at radius 3 is 3.38 bits per heavy atom. The smallest absolute Gasteiger partial charge is 0.330 e. The first kappa shape index (κ1) is 8.75. The first-order chi connectivity index (χ1) is 6.31. The van der Waals surface area contributed by atoms with Gasteiger partial charge in [-0.2, -0.15) is 0 Å². The summed E-state index contributed by atoms with van der Waals surface area (Å²) >= 11 is 0. The number of ether oxygens (including phenoxy) is 2. The maximum Gasteiger partial charge on any atom is 0.330 e. The molecule has 13 heavy (non-hydrogen) atoms. The van der Waals surface area contributed by atoms with E-state index in [0.29, 0.717) is 12.7 Å². The summed E-state index contributed by atoms with van der Waals surface area (Å²) in [6.07, 6.45) is 5.50. The van der Waals surface area contributed by atoms with Crippen LogP contribution in [0.5, 0.6) is 0 Å². The Bertz CT molecular complexity index is 245. The molecular weight excluding hydrogens is 168 g/mol. The summed E-state index contributed by atoms with van der Waals surface area (Å²) in [6, 6.07) is 0. The monoisotopic (exact) mass is 182 g/mol. The Labute approximate surface area is 77.7 Å². The van der Waals surface area contributed by atoms with Crippen molar-refractivity contribution in [2.24, 2.45) is 0 Å². The second-order valence-electron chi connectivity index (χ2n) is 3.46. The lowest BCUT2D eigenvalue weighted by Crippen LogP contribution is -2.09. The van der Waals surface area contributed by atoms with Crippen molar-refractivity contribution in [1.29, 1.82) is 0 Å². The lowest BCUT2D eigenvalue weighted by Gasteiger charge is -2.08. The van der Waals surface area contributed by atoms with E-state index in [1.165, 1.54) is 0 Å². The van der Waals surface area contributed by atoms with E-state index in [-0.39, 0.29) is 12.1 Å². The van der Waals surface area contributed by atoms with Crippen molar-refractivity contribution < 1.29 is 14.3 Å². The van der Waals surface area contributed by atoms with Gasteiger partial charge in [0.25, 0.3) is 0 Å². The van der Waals surface area contributed by atoms with Crippen LogP contribution in [0, 0.1) is 0 Å². The van der Waals surface area contributed by atoms with Gasteiger partial charge in [-0.1, -0.05) is 0 Å². The number of fused-ring (bicyclic) bond motifs is 1. The fraction of sp³-hybridized carbons (Fsp3) is 0.700. The van der Waals surface area contributed by atoms with Crippen molar-refractivity contribution in [2.75, 3.05) is 6.61 Å². The topological polar surface area (TPSA) is 38.8 Å². The number of hydrogen-bond acceptors (Lipinski definition) is 3. The molecule has 1 aliphatic carbocycles. The molecule has 2 aliphatic rings. The average molecular weight is 182 g/mol. The van der Waals surface area contributed by atoms with E-state index in [1.807, 2.05) is 6.92 Å². The molecule has 2 unspecified atom stereocenters. The second kappa shape index (κ2) is 3.50. The highest BCUT2D eigenvalue weighted by Crippen LogP contribution is 2.40. The summed E-state index contributed by atoms with van der Waals surface area (Å²) in [4.78, 5) is 11.1. The highest BCUT2D eigenvalue weighted by atomic mass is 16.6. The van der Waals surface area contributed by atoms with Gasteiger partial charge in [-0.05, 0) is 31.8 Å². The van der Waals surface area contributed by atoms with Crippen LogP contribution in [0.4, 0.5) is 0 Å². The molecule has 1 saturated carbocycles. The first-order valence-corrected chi connectivity index (χ1v) is 4.84. The molecule has 0 aromatic rings. The third-order valence-electron chi connectivity index (χ3n) is 2.49. The summed E-state index contributed by atoms with van der Waals surface area (Å²) in [7, 11) is 0. The number of carbonyl (C=O) groups is 1. The maximum absolute atomic E-state index is 11.1. The Kier molecular flexibility index (Phi) is 2.36. The van der Waals surface area contributed by atoms with Crippen LogP contribution in [0.1, 0.15) is 26.2 Å². The molecule has 1 aliphatic heterocycles. The van der Waals surface area contributed by atoms with Gasteiger partial charge in [0.2, 0.25) is 0 Å². The van der Waals surface area contributed by atoms with E-state index < -0.39 is 0 Å². The Morgan fingerprint density at radius 2 is 2.62 bits per heavy atom. The summed E-state index contributed by atoms with van der Waals surface area (Å²) in [5, 5.41) is 0. The van der Waals surface area contributed by atoms with E-state index in [2.05, 4.69) is 0 Å². The van der Waals surface area contributed by atoms with Gasteiger partial charge in [-0.3, -0.25) is 0 Å². The van der Waals surface area contributed by atoms with Gasteiger partial charge in [-0.25, -0.2) is 4.79 Å². The molecule has 1 heterocycles. The second-order valence-corrected chi connectivity index (χ2v) is 3.46. The summed E-state index contributed by atoms with van der Waals surface area (Å²) in [5.41, 5.74) is 1.12. The lowest BCUT2D eigenvalue weighted by atomic mass is 9.95. The molecule has 2 fully saturated rings. The molecule has 3 heteroatoms. The molecule has 3 nitrogen and oxygen atoms in total. The number of epoxide rings is 1. The fourth-order valence-electron chi connectivity index (χ4n) is 1.83. The number of esters is 1. The standard InChI is InChI=1S/C10H14O3/c1-2-12-9(11)6-7-4-3-5-8-10(7)13-8/h6,8,10H,2-5H2,1H3/b7-6-. The van der Waals surface area contributed by atoms with E-state index >= 15 is 0 Å². The summed E-state index contributed by atoms with van der Waals surface area (Å²) < 4.78 is 10.2. The van der Waals surface area contributed by atoms with Crippen LogP contribution < -0.4 is 0 Å². The van der Waals surface area contributed by atoms with Gasteiger partial charge in [0, 0.05) is 6.08 Å². The van der Waals surface area contributed by atoms with Gasteiger partial charge in [0.15, 0.2) is 0 Å². The van der Waals surface area contributed by atoms with Crippen molar-refractivity contribution >= 4 is 5.97 Å². The molecule has 0 aromatic carbocycles. The normalized spacial score (nSPS) is 34.1. The molecule has 2 rings (SSSR count).